The first-order chi connectivity index (χ1) is 8.58. The molecule has 5 nitrogen and oxygen atoms in total. The van der Waals surface area contributed by atoms with Crippen LogP contribution in [0.3, 0.4) is 0 Å². The lowest BCUT2D eigenvalue weighted by Gasteiger charge is -2.35. The third-order valence-electron chi connectivity index (χ3n) is 3.56. The molecule has 2 heterocycles. The first-order valence-corrected chi connectivity index (χ1v) is 6.34. The fourth-order valence-corrected chi connectivity index (χ4v) is 2.39. The minimum Gasteiger partial charge on any atom is -0.366 e. The zero-order valence-corrected chi connectivity index (χ0v) is 10.7. The van der Waals surface area contributed by atoms with Gasteiger partial charge in [-0.05, 0) is 37.8 Å². The number of hydrogen-bond acceptors (Lipinski definition) is 4. The third kappa shape index (κ3) is 2.79. The van der Waals surface area contributed by atoms with Crippen molar-refractivity contribution < 1.29 is 4.79 Å². The van der Waals surface area contributed by atoms with Gasteiger partial charge in [0.15, 0.2) is 0 Å². The molecule has 18 heavy (non-hydrogen) atoms. The number of hydrogen-bond donors (Lipinski definition) is 2. The Kier molecular flexibility index (Phi) is 3.81. The lowest BCUT2D eigenvalue weighted by atomic mass is 9.92. The highest BCUT2D eigenvalue weighted by atomic mass is 16.1. The maximum absolute atomic E-state index is 11.2. The van der Waals surface area contributed by atoms with Crippen molar-refractivity contribution in [2.45, 2.75) is 25.8 Å². The Balaban J connectivity index is 2.15. The number of primary amides is 1. The summed E-state index contributed by atoms with van der Waals surface area (Å²) in [6.45, 7) is 3.90. The lowest BCUT2D eigenvalue weighted by molar-refractivity contribution is 0.1000. The van der Waals surface area contributed by atoms with Crippen molar-refractivity contribution in [2.24, 2.45) is 17.4 Å². The number of carbonyl (C=O) groups excluding carboxylic acids is 1. The van der Waals surface area contributed by atoms with E-state index < -0.39 is 5.91 Å². The molecule has 1 fully saturated rings. The fraction of sp³-hybridized carbons (Fsp3) is 0.538. The van der Waals surface area contributed by atoms with E-state index in [0.29, 0.717) is 11.5 Å². The molecule has 1 aliphatic rings. The van der Waals surface area contributed by atoms with Gasteiger partial charge < -0.3 is 16.4 Å². The number of amides is 1. The van der Waals surface area contributed by atoms with Crippen LogP contribution in [-0.4, -0.2) is 30.0 Å². The monoisotopic (exact) mass is 248 g/mol. The summed E-state index contributed by atoms with van der Waals surface area (Å²) in [4.78, 5) is 17.7. The van der Waals surface area contributed by atoms with Gasteiger partial charge in [-0.2, -0.15) is 0 Å². The molecule has 5 heteroatoms. The number of pyridine rings is 1. The Bertz CT molecular complexity index is 433. The van der Waals surface area contributed by atoms with Crippen LogP contribution in [0, 0.1) is 5.92 Å². The molecule has 2 atom stereocenters. The minimum absolute atomic E-state index is 0.187. The molecular formula is C13H20N4O. The summed E-state index contributed by atoms with van der Waals surface area (Å²) in [5.74, 6) is 0.883. The van der Waals surface area contributed by atoms with Crippen molar-refractivity contribution in [1.29, 1.82) is 0 Å². The van der Waals surface area contributed by atoms with Crippen LogP contribution < -0.4 is 16.4 Å². The van der Waals surface area contributed by atoms with Gasteiger partial charge in [-0.15, -0.1) is 0 Å². The average molecular weight is 248 g/mol. The molecule has 0 aromatic carbocycles. The zero-order valence-electron chi connectivity index (χ0n) is 10.7. The molecule has 0 bridgehead atoms. The van der Waals surface area contributed by atoms with Gasteiger partial charge in [0.1, 0.15) is 5.82 Å². The van der Waals surface area contributed by atoms with Crippen LogP contribution in [0.1, 0.15) is 30.1 Å². The van der Waals surface area contributed by atoms with Crippen molar-refractivity contribution >= 4 is 11.7 Å². The number of nitrogens with two attached hydrogens (primary N) is 2. The smallest absolute Gasteiger partial charge is 0.248 e. The van der Waals surface area contributed by atoms with Crippen LogP contribution in [-0.2, 0) is 0 Å². The largest absolute Gasteiger partial charge is 0.366 e. The number of rotatable bonds is 3. The molecule has 1 amide bonds. The standard InChI is InChI=1S/C13H20N4O/c1-9(14)11-3-2-6-17(8-11)12-7-10(13(15)18)4-5-16-12/h4-5,7,9,11H,2-3,6,8,14H2,1H3,(H2,15,18). The molecule has 98 valence electrons. The lowest BCUT2D eigenvalue weighted by Crippen LogP contribution is -2.42. The van der Waals surface area contributed by atoms with Crippen molar-refractivity contribution in [3.05, 3.63) is 23.9 Å². The Hall–Kier alpha value is -1.62. The summed E-state index contributed by atoms with van der Waals surface area (Å²) in [5.41, 5.74) is 11.7. The predicted molar refractivity (Wildman–Crippen MR) is 71.3 cm³/mol. The quantitative estimate of drug-likeness (QED) is 0.826. The van der Waals surface area contributed by atoms with E-state index in [4.69, 9.17) is 11.5 Å². The van der Waals surface area contributed by atoms with E-state index in [2.05, 4.69) is 9.88 Å². The van der Waals surface area contributed by atoms with Gasteiger partial charge in [0.25, 0.3) is 0 Å². The van der Waals surface area contributed by atoms with Crippen LogP contribution in [0.25, 0.3) is 0 Å². The van der Waals surface area contributed by atoms with Crippen LogP contribution in [0.2, 0.25) is 0 Å². The van der Waals surface area contributed by atoms with Gasteiger partial charge in [0.2, 0.25) is 5.91 Å². The Morgan fingerprint density at radius 3 is 3.06 bits per heavy atom. The molecule has 2 unspecified atom stereocenters. The predicted octanol–water partition coefficient (Wildman–Crippen LogP) is 0.744. The number of anilines is 1. The second-order valence-electron chi connectivity index (χ2n) is 4.97. The van der Waals surface area contributed by atoms with E-state index in [1.54, 1.807) is 18.3 Å². The first-order valence-electron chi connectivity index (χ1n) is 6.34. The van der Waals surface area contributed by atoms with E-state index in [1.807, 2.05) is 6.92 Å². The topological polar surface area (TPSA) is 85.2 Å². The normalized spacial score (nSPS) is 21.7. The van der Waals surface area contributed by atoms with Crippen LogP contribution >= 0.6 is 0 Å². The van der Waals surface area contributed by atoms with Gasteiger partial charge in [-0.25, -0.2) is 4.98 Å². The number of aromatic nitrogens is 1. The Morgan fingerprint density at radius 2 is 2.39 bits per heavy atom. The molecule has 0 spiro atoms. The van der Waals surface area contributed by atoms with Gasteiger partial charge in [0.05, 0.1) is 0 Å². The zero-order chi connectivity index (χ0) is 13.1. The number of nitrogens with zero attached hydrogens (tertiary/aromatic N) is 2. The molecule has 0 radical (unpaired) electrons. The van der Waals surface area contributed by atoms with Crippen molar-refractivity contribution in [2.75, 3.05) is 18.0 Å². The van der Waals surface area contributed by atoms with Gasteiger partial charge in [-0.1, -0.05) is 0 Å². The maximum atomic E-state index is 11.2. The van der Waals surface area contributed by atoms with E-state index in [9.17, 15) is 4.79 Å². The molecule has 0 aliphatic carbocycles. The summed E-state index contributed by atoms with van der Waals surface area (Å²) in [5, 5.41) is 0. The van der Waals surface area contributed by atoms with E-state index in [0.717, 1.165) is 31.7 Å². The molecule has 1 saturated heterocycles. The van der Waals surface area contributed by atoms with Crippen molar-refractivity contribution in [3.8, 4) is 0 Å². The molecular weight excluding hydrogens is 228 g/mol. The summed E-state index contributed by atoms with van der Waals surface area (Å²) >= 11 is 0. The number of piperidine rings is 1. The summed E-state index contributed by atoms with van der Waals surface area (Å²) in [7, 11) is 0. The van der Waals surface area contributed by atoms with Crippen molar-refractivity contribution in [1.82, 2.24) is 4.98 Å². The first kappa shape index (κ1) is 12.8. The number of carbonyl (C=O) groups is 1. The van der Waals surface area contributed by atoms with Crippen LogP contribution in [0.15, 0.2) is 18.3 Å². The SMILES string of the molecule is CC(N)C1CCCN(c2cc(C(N)=O)ccn2)C1. The van der Waals surface area contributed by atoms with Crippen molar-refractivity contribution in [3.63, 3.8) is 0 Å². The Morgan fingerprint density at radius 1 is 1.61 bits per heavy atom. The third-order valence-corrected chi connectivity index (χ3v) is 3.56. The van der Waals surface area contributed by atoms with E-state index in [1.165, 1.54) is 0 Å². The van der Waals surface area contributed by atoms with Gasteiger partial charge in [0, 0.05) is 30.9 Å². The molecule has 1 aliphatic heterocycles. The minimum atomic E-state index is -0.417. The fourth-order valence-electron chi connectivity index (χ4n) is 2.39. The summed E-state index contributed by atoms with van der Waals surface area (Å²) < 4.78 is 0. The second-order valence-corrected chi connectivity index (χ2v) is 4.97. The highest BCUT2D eigenvalue weighted by Crippen LogP contribution is 2.23. The summed E-state index contributed by atoms with van der Waals surface area (Å²) in [6, 6.07) is 3.58. The molecule has 2 rings (SSSR count). The molecule has 1 aromatic rings. The van der Waals surface area contributed by atoms with Crippen LogP contribution in [0.5, 0.6) is 0 Å². The molecule has 0 saturated carbocycles. The van der Waals surface area contributed by atoms with E-state index in [-0.39, 0.29) is 6.04 Å². The average Bonchev–Trinajstić information content (AvgIpc) is 2.39. The molecule has 4 N–H and O–H groups in total. The highest BCUT2D eigenvalue weighted by molar-refractivity contribution is 5.93. The van der Waals surface area contributed by atoms with Gasteiger partial charge in [-0.3, -0.25) is 4.79 Å². The molecule has 1 aromatic heterocycles. The maximum Gasteiger partial charge on any atom is 0.248 e. The summed E-state index contributed by atoms with van der Waals surface area (Å²) in [6.07, 6.45) is 3.89. The Labute approximate surface area is 107 Å². The van der Waals surface area contributed by atoms with E-state index >= 15 is 0 Å². The van der Waals surface area contributed by atoms with Crippen LogP contribution in [0.4, 0.5) is 5.82 Å². The highest BCUT2D eigenvalue weighted by Gasteiger charge is 2.23. The second kappa shape index (κ2) is 5.35. The van der Waals surface area contributed by atoms with Gasteiger partial charge >= 0.3 is 0 Å².